The third kappa shape index (κ3) is 5.23. The first kappa shape index (κ1) is 24.8. The molecule has 6 rings (SSSR count). The van der Waals surface area contributed by atoms with Crippen LogP contribution in [-0.4, -0.2) is 83.8 Å². The number of amides is 1. The first-order valence-corrected chi connectivity index (χ1v) is 14.0. The predicted molar refractivity (Wildman–Crippen MR) is 151 cm³/mol. The SMILES string of the molecule is Cc1cc2cc3c(cc2cc1OCCCCCN1CCN(c2ncccn2)CC1)N=C[C@@H]1CCCN1C3=O. The number of carbonyl (C=O) groups excluding carboxylic acids is 1. The average molecular weight is 513 g/mol. The van der Waals surface area contributed by atoms with Gasteiger partial charge in [-0.25, -0.2) is 9.97 Å². The van der Waals surface area contributed by atoms with Gasteiger partial charge in [0.25, 0.3) is 5.91 Å². The van der Waals surface area contributed by atoms with Crippen molar-refractivity contribution in [2.75, 3.05) is 50.8 Å². The molecule has 0 N–H and O–H groups in total. The van der Waals surface area contributed by atoms with E-state index in [-0.39, 0.29) is 11.9 Å². The van der Waals surface area contributed by atoms with Crippen LogP contribution in [0.15, 0.2) is 47.7 Å². The van der Waals surface area contributed by atoms with Gasteiger partial charge >= 0.3 is 0 Å². The van der Waals surface area contributed by atoms with Gasteiger partial charge in [0.1, 0.15) is 5.75 Å². The Morgan fingerprint density at radius 3 is 2.61 bits per heavy atom. The minimum atomic E-state index is 0.104. The van der Waals surface area contributed by atoms with E-state index in [0.717, 1.165) is 98.7 Å². The maximum Gasteiger partial charge on any atom is 0.256 e. The highest BCUT2D eigenvalue weighted by atomic mass is 16.5. The van der Waals surface area contributed by atoms with Gasteiger partial charge in [0.2, 0.25) is 5.95 Å². The van der Waals surface area contributed by atoms with Gasteiger partial charge in [0.05, 0.1) is 23.9 Å². The van der Waals surface area contributed by atoms with Crippen molar-refractivity contribution < 1.29 is 9.53 Å². The van der Waals surface area contributed by atoms with Crippen molar-refractivity contribution in [3.05, 3.63) is 53.9 Å². The summed E-state index contributed by atoms with van der Waals surface area (Å²) in [5.74, 6) is 1.86. The van der Waals surface area contributed by atoms with E-state index < -0.39 is 0 Å². The average Bonchev–Trinajstić information content (AvgIpc) is 3.38. The fourth-order valence-corrected chi connectivity index (χ4v) is 5.81. The molecule has 1 aromatic heterocycles. The molecule has 8 heteroatoms. The van der Waals surface area contributed by atoms with Crippen molar-refractivity contribution in [3.8, 4) is 5.75 Å². The fraction of sp³-hybridized carbons (Fsp3) is 0.467. The number of piperazine rings is 1. The summed E-state index contributed by atoms with van der Waals surface area (Å²) in [4.78, 5) is 33.3. The number of aromatic nitrogens is 2. The molecule has 2 saturated heterocycles. The summed E-state index contributed by atoms with van der Waals surface area (Å²) in [6.45, 7) is 8.82. The fourth-order valence-electron chi connectivity index (χ4n) is 5.81. The second-order valence-corrected chi connectivity index (χ2v) is 10.6. The zero-order valence-corrected chi connectivity index (χ0v) is 22.2. The molecule has 0 aliphatic carbocycles. The van der Waals surface area contributed by atoms with Gasteiger partial charge in [-0.1, -0.05) is 0 Å². The largest absolute Gasteiger partial charge is 0.493 e. The highest BCUT2D eigenvalue weighted by Gasteiger charge is 2.31. The highest BCUT2D eigenvalue weighted by Crippen LogP contribution is 2.34. The number of unbranched alkanes of at least 4 members (excludes halogenated alkanes) is 2. The van der Waals surface area contributed by atoms with Crippen molar-refractivity contribution in [2.45, 2.75) is 45.1 Å². The molecule has 3 aliphatic rings. The summed E-state index contributed by atoms with van der Waals surface area (Å²) in [5.41, 5.74) is 2.58. The van der Waals surface area contributed by atoms with Crippen LogP contribution in [0, 0.1) is 6.92 Å². The zero-order chi connectivity index (χ0) is 25.9. The van der Waals surface area contributed by atoms with E-state index in [9.17, 15) is 4.79 Å². The van der Waals surface area contributed by atoms with Gasteiger partial charge in [-0.15, -0.1) is 0 Å². The van der Waals surface area contributed by atoms with Gasteiger partial charge in [0, 0.05) is 51.3 Å². The number of benzene rings is 2. The van der Waals surface area contributed by atoms with Crippen LogP contribution in [0.4, 0.5) is 11.6 Å². The van der Waals surface area contributed by atoms with Crippen molar-refractivity contribution in [1.29, 1.82) is 0 Å². The molecular weight excluding hydrogens is 476 g/mol. The quantitative estimate of drug-likeness (QED) is 0.410. The Balaban J connectivity index is 0.986. The Morgan fingerprint density at radius 2 is 1.76 bits per heavy atom. The lowest BCUT2D eigenvalue weighted by Crippen LogP contribution is -2.47. The molecule has 1 atom stereocenters. The lowest BCUT2D eigenvalue weighted by atomic mass is 10.0. The standard InChI is InChI=1S/C30H36N6O2/c1-22-17-23-18-26-27(33-21-25-7-5-11-36(25)29(26)37)19-24(23)20-28(22)38-16-4-2-3-10-34-12-14-35(15-13-34)30-31-8-6-9-32-30/h6,8-9,17-21,25H,2-5,7,10-16H2,1H3/t25-/m0/s1. The summed E-state index contributed by atoms with van der Waals surface area (Å²) >= 11 is 0. The molecular formula is C30H36N6O2. The number of fused-ring (bicyclic) bond motifs is 3. The molecule has 2 fully saturated rings. The summed E-state index contributed by atoms with van der Waals surface area (Å²) in [6, 6.07) is 10.3. The number of nitrogens with zero attached hydrogens (tertiary/aromatic N) is 6. The summed E-state index contributed by atoms with van der Waals surface area (Å²) < 4.78 is 6.20. The topological polar surface area (TPSA) is 74.2 Å². The van der Waals surface area contributed by atoms with Crippen LogP contribution in [-0.2, 0) is 0 Å². The Hall–Kier alpha value is -3.52. The molecule has 3 aliphatic heterocycles. The molecule has 0 spiro atoms. The van der Waals surface area contributed by atoms with Crippen LogP contribution >= 0.6 is 0 Å². The van der Waals surface area contributed by atoms with Crippen molar-refractivity contribution >= 4 is 34.5 Å². The van der Waals surface area contributed by atoms with Crippen LogP contribution in [0.3, 0.4) is 0 Å². The van der Waals surface area contributed by atoms with E-state index in [2.05, 4.69) is 38.8 Å². The molecule has 2 aromatic carbocycles. The van der Waals surface area contributed by atoms with Gasteiger partial charge in [-0.3, -0.25) is 14.7 Å². The third-order valence-corrected chi connectivity index (χ3v) is 8.01. The van der Waals surface area contributed by atoms with E-state index in [1.807, 2.05) is 41.7 Å². The number of aryl methyl sites for hydroxylation is 1. The van der Waals surface area contributed by atoms with E-state index in [1.165, 1.54) is 6.42 Å². The normalized spacial score (nSPS) is 19.5. The van der Waals surface area contributed by atoms with E-state index in [4.69, 9.17) is 9.73 Å². The summed E-state index contributed by atoms with van der Waals surface area (Å²) in [7, 11) is 0. The second kappa shape index (κ2) is 11.1. The molecule has 0 bridgehead atoms. The minimum Gasteiger partial charge on any atom is -0.493 e. The Morgan fingerprint density at radius 1 is 0.947 bits per heavy atom. The predicted octanol–water partition coefficient (Wildman–Crippen LogP) is 4.63. The summed E-state index contributed by atoms with van der Waals surface area (Å²) in [5, 5.41) is 2.13. The molecule has 0 radical (unpaired) electrons. The van der Waals surface area contributed by atoms with E-state index in [1.54, 1.807) is 0 Å². The number of ether oxygens (including phenoxy) is 1. The highest BCUT2D eigenvalue weighted by molar-refractivity contribution is 6.06. The molecule has 1 amide bonds. The number of anilines is 1. The molecule has 0 unspecified atom stereocenters. The molecule has 38 heavy (non-hydrogen) atoms. The summed E-state index contributed by atoms with van der Waals surface area (Å²) in [6.07, 6.45) is 11.0. The van der Waals surface area contributed by atoms with Crippen molar-refractivity contribution in [1.82, 2.24) is 19.8 Å². The lowest BCUT2D eigenvalue weighted by molar-refractivity contribution is 0.0775. The molecule has 0 saturated carbocycles. The van der Waals surface area contributed by atoms with Crippen LogP contribution in [0.1, 0.15) is 48.0 Å². The van der Waals surface area contributed by atoms with E-state index in [0.29, 0.717) is 12.2 Å². The number of aliphatic imine (C=N–C) groups is 1. The van der Waals surface area contributed by atoms with Gasteiger partial charge < -0.3 is 14.5 Å². The Kier molecular flexibility index (Phi) is 7.22. The Labute approximate surface area is 224 Å². The van der Waals surface area contributed by atoms with Crippen LogP contribution in [0.25, 0.3) is 10.8 Å². The van der Waals surface area contributed by atoms with Gasteiger partial charge in [-0.05, 0) is 92.2 Å². The monoisotopic (exact) mass is 512 g/mol. The van der Waals surface area contributed by atoms with Crippen LogP contribution < -0.4 is 9.64 Å². The molecule has 4 heterocycles. The van der Waals surface area contributed by atoms with Gasteiger partial charge in [-0.2, -0.15) is 0 Å². The third-order valence-electron chi connectivity index (χ3n) is 8.01. The minimum absolute atomic E-state index is 0.104. The van der Waals surface area contributed by atoms with Crippen LogP contribution in [0.5, 0.6) is 5.75 Å². The molecule has 198 valence electrons. The smallest absolute Gasteiger partial charge is 0.256 e. The zero-order valence-electron chi connectivity index (χ0n) is 22.2. The van der Waals surface area contributed by atoms with Crippen LogP contribution in [0.2, 0.25) is 0 Å². The first-order chi connectivity index (χ1) is 18.7. The second-order valence-electron chi connectivity index (χ2n) is 10.6. The lowest BCUT2D eigenvalue weighted by Gasteiger charge is -2.34. The number of carbonyl (C=O) groups is 1. The van der Waals surface area contributed by atoms with Gasteiger partial charge in [0.15, 0.2) is 0 Å². The van der Waals surface area contributed by atoms with E-state index >= 15 is 0 Å². The van der Waals surface area contributed by atoms with Crippen molar-refractivity contribution in [2.24, 2.45) is 4.99 Å². The first-order valence-electron chi connectivity index (χ1n) is 14.0. The number of rotatable bonds is 8. The maximum absolute atomic E-state index is 13.1. The van der Waals surface area contributed by atoms with Crippen molar-refractivity contribution in [3.63, 3.8) is 0 Å². The molecule has 3 aromatic rings. The number of hydrogen-bond donors (Lipinski definition) is 0. The molecule has 8 nitrogen and oxygen atoms in total. The number of hydrogen-bond acceptors (Lipinski definition) is 7. The maximum atomic E-state index is 13.1. The Bertz CT molecular complexity index is 1320.